The third kappa shape index (κ3) is 8.87. The molecule has 0 amide bonds. The van der Waals surface area contributed by atoms with E-state index in [4.69, 9.17) is 4.74 Å². The molecular weight excluding hydrogens is 609 g/mol. The lowest BCUT2D eigenvalue weighted by Crippen LogP contribution is -2.35. The molecule has 1 aliphatic carbocycles. The Labute approximate surface area is 240 Å². The number of aromatic nitrogens is 4. The van der Waals surface area contributed by atoms with Gasteiger partial charge in [-0.1, -0.05) is 6.42 Å². The van der Waals surface area contributed by atoms with Crippen LogP contribution in [0.5, 0.6) is 17.6 Å². The van der Waals surface area contributed by atoms with Crippen molar-refractivity contribution in [3.05, 3.63) is 29.5 Å². The van der Waals surface area contributed by atoms with Gasteiger partial charge in [-0.05, 0) is 19.8 Å². The van der Waals surface area contributed by atoms with Crippen LogP contribution in [0.4, 0.5) is 0 Å². The molecule has 0 aromatic carbocycles. The predicted octanol–water partition coefficient (Wildman–Crippen LogP) is 2.00. The fourth-order valence-electron chi connectivity index (χ4n) is 4.38. The molecule has 222 valence electrons. The molecule has 3 rings (SSSR count). The Morgan fingerprint density at radius 3 is 1.82 bits per heavy atom. The molecule has 0 bridgehead atoms. The number of aromatic hydroxyl groups is 2. The molecule has 2 heterocycles. The summed E-state index contributed by atoms with van der Waals surface area (Å²) in [7, 11) is -7.24. The average Bonchev–Trinajstić information content (AvgIpc) is 2.86. The number of nitrogens with zero attached hydrogens (tertiary/aromatic N) is 4. The predicted molar refractivity (Wildman–Crippen MR) is 148 cm³/mol. The summed E-state index contributed by atoms with van der Waals surface area (Å²) in [6.07, 6.45) is 4.03. The Morgan fingerprint density at radius 1 is 0.900 bits per heavy atom. The Kier molecular flexibility index (Phi) is 11.0. The number of ketones is 1. The first-order chi connectivity index (χ1) is 18.7. The molecule has 4 unspecified atom stereocenters. The highest BCUT2D eigenvalue weighted by Gasteiger charge is 2.42. The quantitative estimate of drug-likeness (QED) is 0.230. The molecule has 1 saturated carbocycles. The third-order valence-electron chi connectivity index (χ3n) is 6.23. The number of aryl methyl sites for hydroxylation is 1. The van der Waals surface area contributed by atoms with E-state index >= 15 is 0 Å². The minimum atomic E-state index is -4.27. The first kappa shape index (κ1) is 32.3. The zero-order chi connectivity index (χ0) is 29.7. The maximum Gasteiger partial charge on any atom is 0.277 e. The lowest BCUT2D eigenvalue weighted by molar-refractivity contribution is -0.129. The lowest BCUT2D eigenvalue weighted by Gasteiger charge is -2.36. The van der Waals surface area contributed by atoms with Crippen molar-refractivity contribution in [2.45, 2.75) is 36.7 Å². The highest BCUT2D eigenvalue weighted by molar-refractivity contribution is 8.00. The van der Waals surface area contributed by atoms with Gasteiger partial charge in [-0.2, -0.15) is 40.4 Å². The van der Waals surface area contributed by atoms with Crippen LogP contribution in [0.2, 0.25) is 0 Å². The smallest absolute Gasteiger partial charge is 0.277 e. The molecule has 1 fully saturated rings. The highest BCUT2D eigenvalue weighted by atomic mass is 32.2. The molecular formula is C22H30N4O10S4. The number of ether oxygens (including phenoxy) is 1. The third-order valence-corrected chi connectivity index (χ3v) is 10.9. The number of carbonyl (C=O) groups excluding carboxylic acids is 1. The number of hydrogen-bond acceptors (Lipinski definition) is 14. The van der Waals surface area contributed by atoms with E-state index in [2.05, 4.69) is 19.9 Å². The van der Waals surface area contributed by atoms with Crippen molar-refractivity contribution in [3.63, 3.8) is 0 Å². The van der Waals surface area contributed by atoms with Crippen molar-refractivity contribution in [3.8, 4) is 17.6 Å². The second-order valence-corrected chi connectivity index (χ2v) is 14.7. The standard InChI is InChI=1S/C22H30N4O10S4/c1-12-20(28)23-10-15(25-12)18(37-6-8-39(30,31)32)13-4-3-5-14(17(13)27)19(38-7-9-40(33,34)35)16-11-24-21(29)22(26-16)36-2/h10-11,13-14,18-19H,3-9H2,1-2H3,(H,23,28)(H,24,29)(H,30,31,32)(H,33,34,35). The summed E-state index contributed by atoms with van der Waals surface area (Å²) in [5.74, 6) is -3.68. The number of rotatable bonds is 13. The van der Waals surface area contributed by atoms with Gasteiger partial charge in [0.2, 0.25) is 5.88 Å². The zero-order valence-electron chi connectivity index (χ0n) is 21.6. The van der Waals surface area contributed by atoms with Crippen LogP contribution < -0.4 is 4.74 Å². The summed E-state index contributed by atoms with van der Waals surface area (Å²) in [5, 5.41) is 18.4. The van der Waals surface area contributed by atoms with Crippen molar-refractivity contribution >= 4 is 49.5 Å². The molecule has 0 radical (unpaired) electrons. The SMILES string of the molecule is COc1nc(C(SCCS(=O)(=O)O)C2CCCC(C(SCCS(=O)(=O)O)c3cnc(O)c(C)n3)C2=O)cnc1O. The fraction of sp³-hybridized carbons (Fsp3) is 0.591. The van der Waals surface area contributed by atoms with Gasteiger partial charge in [0.15, 0.2) is 0 Å². The van der Waals surface area contributed by atoms with Gasteiger partial charge >= 0.3 is 0 Å². The number of hydrogen-bond donors (Lipinski definition) is 4. The second kappa shape index (κ2) is 13.6. The molecule has 2 aromatic rings. The van der Waals surface area contributed by atoms with Crippen LogP contribution in [-0.2, 0) is 25.0 Å². The summed E-state index contributed by atoms with van der Waals surface area (Å²) in [4.78, 5) is 30.5. The molecule has 14 nitrogen and oxygen atoms in total. The molecule has 2 aromatic heterocycles. The van der Waals surface area contributed by atoms with Crippen LogP contribution in [-0.4, -0.2) is 92.0 Å². The van der Waals surface area contributed by atoms with E-state index < -0.39 is 60.0 Å². The molecule has 1 aliphatic rings. The summed E-state index contributed by atoms with van der Waals surface area (Å²) in [6.45, 7) is 1.54. The molecule has 0 spiro atoms. The number of Topliss-reactive ketones (excluding diaryl/α,β-unsaturated/α-hetero) is 1. The lowest BCUT2D eigenvalue weighted by atomic mass is 9.76. The minimum absolute atomic E-state index is 0.0350. The van der Waals surface area contributed by atoms with E-state index in [0.717, 1.165) is 23.5 Å². The molecule has 18 heteroatoms. The van der Waals surface area contributed by atoms with E-state index in [1.165, 1.54) is 26.4 Å². The molecule has 40 heavy (non-hydrogen) atoms. The van der Waals surface area contributed by atoms with Crippen LogP contribution in [0.3, 0.4) is 0 Å². The van der Waals surface area contributed by atoms with Gasteiger partial charge in [0.05, 0.1) is 58.6 Å². The topological polar surface area (TPSA) is 227 Å². The fourth-order valence-corrected chi connectivity index (χ4v) is 8.91. The van der Waals surface area contributed by atoms with E-state index in [0.29, 0.717) is 25.0 Å². The van der Waals surface area contributed by atoms with Gasteiger partial charge in [-0.3, -0.25) is 13.9 Å². The molecule has 0 aliphatic heterocycles. The molecule has 4 N–H and O–H groups in total. The van der Waals surface area contributed by atoms with E-state index in [-0.39, 0.29) is 40.4 Å². The summed E-state index contributed by atoms with van der Waals surface area (Å²) in [6, 6.07) is 0. The van der Waals surface area contributed by atoms with Crippen molar-refractivity contribution in [2.24, 2.45) is 11.8 Å². The van der Waals surface area contributed by atoms with Gasteiger partial charge in [-0.15, -0.1) is 0 Å². The maximum absolute atomic E-state index is 14.1. The monoisotopic (exact) mass is 638 g/mol. The van der Waals surface area contributed by atoms with Crippen molar-refractivity contribution in [1.82, 2.24) is 19.9 Å². The Bertz CT molecular complexity index is 1420. The molecule has 4 atom stereocenters. The van der Waals surface area contributed by atoms with Crippen molar-refractivity contribution < 1.29 is 45.7 Å². The number of carbonyl (C=O) groups is 1. The normalized spacial score (nSPS) is 19.8. The summed E-state index contributed by atoms with van der Waals surface area (Å²) in [5.41, 5.74) is 0.851. The zero-order valence-corrected chi connectivity index (χ0v) is 24.8. The number of thioether (sulfide) groups is 2. The van der Waals surface area contributed by atoms with E-state index in [1.807, 2.05) is 0 Å². The van der Waals surface area contributed by atoms with E-state index in [1.54, 1.807) is 0 Å². The van der Waals surface area contributed by atoms with Crippen LogP contribution >= 0.6 is 23.5 Å². The Hall–Kier alpha value is -2.25. The number of methoxy groups -OCH3 is 1. The van der Waals surface area contributed by atoms with Crippen LogP contribution in [0.25, 0.3) is 0 Å². The molecule has 0 saturated heterocycles. The minimum Gasteiger partial charge on any atom is -0.492 e. The second-order valence-electron chi connectivity index (χ2n) is 9.03. The van der Waals surface area contributed by atoms with Crippen molar-refractivity contribution in [1.29, 1.82) is 0 Å². The summed E-state index contributed by atoms with van der Waals surface area (Å²) >= 11 is 2.21. The summed E-state index contributed by atoms with van der Waals surface area (Å²) < 4.78 is 68.9. The average molecular weight is 639 g/mol. The van der Waals surface area contributed by atoms with Crippen LogP contribution in [0.15, 0.2) is 12.4 Å². The van der Waals surface area contributed by atoms with Gasteiger partial charge in [0, 0.05) is 23.3 Å². The van der Waals surface area contributed by atoms with E-state index in [9.17, 15) is 40.9 Å². The van der Waals surface area contributed by atoms with Gasteiger partial charge in [0.25, 0.3) is 32.0 Å². The van der Waals surface area contributed by atoms with Crippen LogP contribution in [0.1, 0.15) is 46.8 Å². The first-order valence-corrected chi connectivity index (χ1v) is 17.3. The van der Waals surface area contributed by atoms with Gasteiger partial charge in [-0.25, -0.2) is 19.9 Å². The van der Waals surface area contributed by atoms with Crippen LogP contribution in [0, 0.1) is 18.8 Å². The first-order valence-electron chi connectivity index (χ1n) is 12.0. The Balaban J connectivity index is 1.97. The largest absolute Gasteiger partial charge is 0.492 e. The Morgan fingerprint density at radius 2 is 1.38 bits per heavy atom. The van der Waals surface area contributed by atoms with Crippen molar-refractivity contribution in [2.75, 3.05) is 30.1 Å². The van der Waals surface area contributed by atoms with Gasteiger partial charge in [0.1, 0.15) is 5.78 Å². The highest BCUT2D eigenvalue weighted by Crippen LogP contribution is 2.48. The maximum atomic E-state index is 14.1. The van der Waals surface area contributed by atoms with Gasteiger partial charge < -0.3 is 14.9 Å².